The van der Waals surface area contributed by atoms with E-state index < -0.39 is 0 Å². The SMILES string of the molecule is CC(C)c1cccc(-c2ccc3c(cnn3C)c2)c1.CC(C)c1cccc(-c2ccc3c(cnn3C)c2)c1.CC(C)c1cccc(-c2ccnc(N3CCN(C)CC3)c2)c1.CC(C)c1cccc(-c2cnc3cnn(C)c3c2)c1.CC(C)c1cccc(-c2cncnc2)c1.CC(C)c1cccc(-c2cnn(C(C)(C)C)c2)c1.Cc1c(-c2cccc(C(C)C)c2)cnn1C. The van der Waals surface area contributed by atoms with Gasteiger partial charge in [-0.05, 0) is 213 Å². The van der Waals surface area contributed by atoms with E-state index in [0.29, 0.717) is 41.4 Å². The van der Waals surface area contributed by atoms with Crippen LogP contribution in [0.25, 0.3) is 111 Å². The minimum Gasteiger partial charge on any atom is -0.354 e. The smallest absolute Gasteiger partial charge is 0.129 e. The predicted octanol–water partition coefficient (Wildman–Crippen LogP) is 27.3. The highest BCUT2D eigenvalue weighted by molar-refractivity contribution is 5.86. The van der Waals surface area contributed by atoms with E-state index in [1.165, 1.54) is 133 Å². The molecule has 9 aromatic carbocycles. The van der Waals surface area contributed by atoms with Crippen molar-refractivity contribution in [2.45, 2.75) is 172 Å². The van der Waals surface area contributed by atoms with Crippen molar-refractivity contribution >= 4 is 38.7 Å². The number of fused-ring (bicyclic) bond motifs is 3. The number of rotatable bonds is 15. The van der Waals surface area contributed by atoms with E-state index in [1.54, 1.807) is 12.5 Å². The lowest BCUT2D eigenvalue weighted by Crippen LogP contribution is -2.44. The van der Waals surface area contributed by atoms with E-state index in [1.807, 2.05) is 101 Å². The van der Waals surface area contributed by atoms with Crippen molar-refractivity contribution in [2.75, 3.05) is 38.1 Å². The summed E-state index contributed by atoms with van der Waals surface area (Å²) in [6.07, 6.45) is 20.7. The highest BCUT2D eigenvalue weighted by Gasteiger charge is 2.19. The van der Waals surface area contributed by atoms with E-state index in [0.717, 1.165) is 54.2 Å². The first kappa shape index (κ1) is 94.1. The minimum absolute atomic E-state index is 0.0356. The van der Waals surface area contributed by atoms with Crippen LogP contribution in [0.15, 0.2) is 293 Å². The van der Waals surface area contributed by atoms with E-state index >= 15 is 0 Å². The molecule has 18 rings (SSSR count). The van der Waals surface area contributed by atoms with E-state index in [-0.39, 0.29) is 5.54 Å². The first-order valence-corrected chi connectivity index (χ1v) is 45.3. The van der Waals surface area contributed by atoms with Crippen molar-refractivity contribution < 1.29 is 0 Å². The molecule has 0 unspecified atom stereocenters. The Morgan fingerprint density at radius 1 is 0.289 bits per heavy atom. The van der Waals surface area contributed by atoms with Gasteiger partial charge in [0, 0.05) is 124 Å². The van der Waals surface area contributed by atoms with Crippen molar-refractivity contribution in [1.29, 1.82) is 0 Å². The van der Waals surface area contributed by atoms with Crippen LogP contribution in [0.1, 0.15) is 204 Å². The Bertz CT molecular complexity index is 6300. The molecule has 1 aliphatic rings. The molecule has 0 bridgehead atoms. The van der Waals surface area contributed by atoms with E-state index in [4.69, 9.17) is 0 Å². The van der Waals surface area contributed by atoms with Crippen LogP contribution in [0.4, 0.5) is 5.82 Å². The fraction of sp³-hybridized carbons (Fsp3) is 0.312. The maximum absolute atomic E-state index is 4.58. The van der Waals surface area contributed by atoms with Gasteiger partial charge < -0.3 is 9.80 Å². The zero-order valence-electron chi connectivity index (χ0n) is 79.7. The predicted molar refractivity (Wildman–Crippen MR) is 538 cm³/mol. The Hall–Kier alpha value is -13.1. The van der Waals surface area contributed by atoms with Crippen molar-refractivity contribution in [3.05, 3.63) is 337 Å². The average molecular weight is 1700 g/mol. The Morgan fingerprint density at radius 3 is 1.05 bits per heavy atom. The number of hydrogen-bond acceptors (Lipinski definition) is 11. The third kappa shape index (κ3) is 24.8. The molecule has 0 N–H and O–H groups in total. The highest BCUT2D eigenvalue weighted by atomic mass is 15.3. The van der Waals surface area contributed by atoms with Gasteiger partial charge in [0.1, 0.15) is 17.7 Å². The standard InChI is InChI=1S/C19H25N3.2C17H18N2.C16H17N3.C16H22N2.C14H18N2.C13H14N2/c1-15(2)16-5-4-6-17(13-16)18-7-8-20-19(14-18)22-11-9-21(3)10-12-22;2*1-12(2)13-5-4-6-14(9-13)15-7-8-17-16(10-15)11-18-19(17)3;1-11(2)12-5-4-6-13(7-12)14-8-16-15(17-9-14)10-18-19(16)3;1-12(2)13-7-6-8-14(9-13)15-10-17-18(11-15)16(3,4)5;1-10(2)12-6-5-7-13(8-12)14-9-15-16(4)11(14)3;1-10(2)11-4-3-5-12(6-11)13-7-14-9-15-8-13/h4-8,13-15H,9-12H2,1-3H3;2*4-12H,1-3H3;4-11H,1-3H3;6-12H,1-5H3;5-10H,1-4H3;3-10H,1-2H3. The molecular formula is C112H132N16. The Labute approximate surface area is 760 Å². The van der Waals surface area contributed by atoms with Crippen LogP contribution >= 0.6 is 0 Å². The molecule has 16 heteroatoms. The number of aromatic nitrogens is 14. The van der Waals surface area contributed by atoms with Gasteiger partial charge in [-0.25, -0.2) is 15.0 Å². The van der Waals surface area contributed by atoms with Gasteiger partial charge in [-0.1, -0.05) is 279 Å². The molecule has 0 spiro atoms. The van der Waals surface area contributed by atoms with Crippen LogP contribution in [0.3, 0.4) is 0 Å². The normalized spacial score (nSPS) is 12.2. The van der Waals surface area contributed by atoms with E-state index in [9.17, 15) is 0 Å². The molecule has 0 aliphatic carbocycles. The van der Waals surface area contributed by atoms with Gasteiger partial charge in [-0.2, -0.15) is 25.5 Å². The zero-order chi connectivity index (χ0) is 91.5. The molecule has 0 atom stereocenters. The Balaban J connectivity index is 0.000000136. The second kappa shape index (κ2) is 43.4. The number of piperazine rings is 1. The molecule has 1 saturated heterocycles. The molecule has 0 amide bonds. The molecule has 1 aliphatic heterocycles. The van der Waals surface area contributed by atoms with Crippen LogP contribution in [0.5, 0.6) is 0 Å². The summed E-state index contributed by atoms with van der Waals surface area (Å²) >= 11 is 0. The van der Waals surface area contributed by atoms with Crippen molar-refractivity contribution in [3.63, 3.8) is 0 Å². The summed E-state index contributed by atoms with van der Waals surface area (Å²) in [6.45, 7) is 44.0. The van der Waals surface area contributed by atoms with Crippen LogP contribution < -0.4 is 4.90 Å². The number of hydrogen-bond donors (Lipinski definition) is 0. The summed E-state index contributed by atoms with van der Waals surface area (Å²) < 4.78 is 9.60. The number of aryl methyl sites for hydroxylation is 4. The summed E-state index contributed by atoms with van der Waals surface area (Å²) in [5.74, 6) is 4.98. The zero-order valence-corrected chi connectivity index (χ0v) is 79.7. The summed E-state index contributed by atoms with van der Waals surface area (Å²) in [7, 11) is 10.0. The summed E-state index contributed by atoms with van der Waals surface area (Å²) in [6, 6.07) is 80.5. The Kier molecular flexibility index (Phi) is 31.9. The van der Waals surface area contributed by atoms with E-state index in [2.05, 4.69) is 418 Å². The number of likely N-dealkylation sites (N-methyl/N-ethyl adjacent to an activating group) is 1. The minimum atomic E-state index is 0.0356. The van der Waals surface area contributed by atoms with Crippen LogP contribution in [0.2, 0.25) is 0 Å². The second-order valence-electron chi connectivity index (χ2n) is 36.9. The van der Waals surface area contributed by atoms with Crippen molar-refractivity contribution in [1.82, 2.24) is 73.7 Å². The van der Waals surface area contributed by atoms with Crippen LogP contribution in [0, 0.1) is 6.92 Å². The van der Waals surface area contributed by atoms with Gasteiger partial charge in [0.05, 0.1) is 53.1 Å². The van der Waals surface area contributed by atoms with Crippen LogP contribution in [-0.2, 0) is 33.7 Å². The molecule has 1 fully saturated rings. The van der Waals surface area contributed by atoms with Gasteiger partial charge in [0.25, 0.3) is 0 Å². The van der Waals surface area contributed by atoms with Crippen LogP contribution in [-0.4, -0.2) is 107 Å². The average Bonchev–Trinajstić information content (AvgIpc) is 1.83. The summed E-state index contributed by atoms with van der Waals surface area (Å²) in [5.41, 5.74) is 32.3. The first-order chi connectivity index (χ1) is 61.3. The maximum Gasteiger partial charge on any atom is 0.129 e. The molecule has 660 valence electrons. The molecule has 8 aromatic heterocycles. The molecule has 17 aromatic rings. The first-order valence-electron chi connectivity index (χ1n) is 45.3. The van der Waals surface area contributed by atoms with Crippen molar-refractivity contribution in [3.8, 4) is 77.9 Å². The largest absolute Gasteiger partial charge is 0.354 e. The van der Waals surface area contributed by atoms with Crippen molar-refractivity contribution in [2.24, 2.45) is 28.2 Å². The monoisotopic (exact) mass is 1700 g/mol. The van der Waals surface area contributed by atoms with Gasteiger partial charge in [-0.3, -0.25) is 28.4 Å². The fourth-order valence-corrected chi connectivity index (χ4v) is 15.3. The molecule has 128 heavy (non-hydrogen) atoms. The van der Waals surface area contributed by atoms with Gasteiger partial charge in [0.2, 0.25) is 0 Å². The van der Waals surface area contributed by atoms with Gasteiger partial charge >= 0.3 is 0 Å². The lowest BCUT2D eigenvalue weighted by Gasteiger charge is -2.33. The van der Waals surface area contributed by atoms with Gasteiger partial charge in [0.15, 0.2) is 0 Å². The molecule has 0 radical (unpaired) electrons. The molecule has 16 nitrogen and oxygen atoms in total. The fourth-order valence-electron chi connectivity index (χ4n) is 15.3. The quantitative estimate of drug-likeness (QED) is 0.0966. The topological polar surface area (TPSA) is 147 Å². The lowest BCUT2D eigenvalue weighted by atomic mass is 9.97. The molecule has 9 heterocycles. The van der Waals surface area contributed by atoms with Gasteiger partial charge in [-0.15, -0.1) is 0 Å². The summed E-state index contributed by atoms with van der Waals surface area (Å²) in [5, 5.41) is 23.9. The lowest BCUT2D eigenvalue weighted by molar-refractivity contribution is 0.312. The molecule has 0 saturated carbocycles. The number of pyridine rings is 2. The Morgan fingerprint density at radius 2 is 0.648 bits per heavy atom. The number of nitrogens with zero attached hydrogens (tertiary/aromatic N) is 16. The highest BCUT2D eigenvalue weighted by Crippen LogP contribution is 2.35. The molecular weight excluding hydrogens is 1570 g/mol. The second-order valence-corrected chi connectivity index (χ2v) is 36.9. The maximum atomic E-state index is 4.58. The number of benzene rings is 9. The third-order valence-electron chi connectivity index (χ3n) is 23.9. The third-order valence-corrected chi connectivity index (χ3v) is 23.9. The summed E-state index contributed by atoms with van der Waals surface area (Å²) in [4.78, 5) is 21.8. The number of anilines is 1.